The summed E-state index contributed by atoms with van der Waals surface area (Å²) in [6.07, 6.45) is 1.51. The number of likely N-dealkylation sites (tertiary alicyclic amines) is 1. The zero-order chi connectivity index (χ0) is 16.1. The molecule has 0 aliphatic carbocycles. The van der Waals surface area contributed by atoms with Gasteiger partial charge in [-0.3, -0.25) is 4.79 Å². The second kappa shape index (κ2) is 7.83. The molecule has 3 rings (SSSR count). The molecule has 5 nitrogen and oxygen atoms in total. The highest BCUT2D eigenvalue weighted by molar-refractivity contribution is 8.02. The number of hydrogen-bond donors (Lipinski definition) is 0. The summed E-state index contributed by atoms with van der Waals surface area (Å²) in [6.45, 7) is 1.16. The van der Waals surface area contributed by atoms with Gasteiger partial charge in [-0.25, -0.2) is 4.39 Å². The highest BCUT2D eigenvalue weighted by Crippen LogP contribution is 2.23. The molecule has 2 heterocycles. The molecule has 1 aromatic heterocycles. The van der Waals surface area contributed by atoms with Gasteiger partial charge in [0.1, 0.15) is 5.82 Å². The fraction of sp³-hybridized carbons (Fsp3) is 0.400. The largest absolute Gasteiger partial charge is 0.414 e. The number of halogens is 1. The molecule has 1 aromatic carbocycles. The van der Waals surface area contributed by atoms with Crippen LogP contribution in [0.4, 0.5) is 4.39 Å². The Morgan fingerprint density at radius 2 is 1.96 bits per heavy atom. The minimum Gasteiger partial charge on any atom is -0.414 e. The van der Waals surface area contributed by atoms with Crippen LogP contribution in [0.2, 0.25) is 0 Å². The summed E-state index contributed by atoms with van der Waals surface area (Å²) in [5.74, 6) is 2.07. The van der Waals surface area contributed by atoms with Crippen molar-refractivity contribution in [3.8, 4) is 0 Å². The van der Waals surface area contributed by atoms with Gasteiger partial charge in [0.15, 0.2) is 0 Å². The molecule has 0 bridgehead atoms. The predicted octanol–water partition coefficient (Wildman–Crippen LogP) is 3.22. The summed E-state index contributed by atoms with van der Waals surface area (Å²) in [6, 6.07) is 6.45. The van der Waals surface area contributed by atoms with E-state index in [0.29, 0.717) is 24.1 Å². The van der Waals surface area contributed by atoms with Crippen LogP contribution in [0.3, 0.4) is 0 Å². The lowest BCUT2D eigenvalue weighted by Gasteiger charge is -2.11. The van der Waals surface area contributed by atoms with Crippen LogP contribution in [-0.2, 0) is 11.3 Å². The van der Waals surface area contributed by atoms with Gasteiger partial charge in [0.05, 0.1) is 6.54 Å². The van der Waals surface area contributed by atoms with E-state index in [2.05, 4.69) is 10.2 Å². The molecule has 8 heteroatoms. The van der Waals surface area contributed by atoms with Crippen LogP contribution in [-0.4, -0.2) is 39.1 Å². The molecule has 1 fully saturated rings. The SMILES string of the molecule is O=C1CCCN1Cc1nnc(SCCSc2ccc(F)cc2)o1. The third kappa shape index (κ3) is 4.71. The van der Waals surface area contributed by atoms with Crippen LogP contribution in [0.5, 0.6) is 0 Å². The van der Waals surface area contributed by atoms with E-state index in [0.717, 1.165) is 29.4 Å². The molecule has 1 amide bonds. The highest BCUT2D eigenvalue weighted by Gasteiger charge is 2.22. The Hall–Kier alpha value is -1.54. The fourth-order valence-corrected chi connectivity index (χ4v) is 3.87. The smallest absolute Gasteiger partial charge is 0.276 e. The van der Waals surface area contributed by atoms with Gasteiger partial charge in [-0.15, -0.1) is 22.0 Å². The Balaban J connectivity index is 1.40. The summed E-state index contributed by atoms with van der Waals surface area (Å²) in [5, 5.41) is 8.49. The van der Waals surface area contributed by atoms with Gasteiger partial charge in [0.25, 0.3) is 5.22 Å². The van der Waals surface area contributed by atoms with Gasteiger partial charge < -0.3 is 9.32 Å². The number of carbonyl (C=O) groups excluding carboxylic acids is 1. The number of carbonyl (C=O) groups is 1. The first-order valence-corrected chi connectivity index (χ1v) is 9.29. The molecule has 0 saturated carbocycles. The van der Waals surface area contributed by atoms with Crippen molar-refractivity contribution in [2.24, 2.45) is 0 Å². The summed E-state index contributed by atoms with van der Waals surface area (Å²) in [7, 11) is 0. The van der Waals surface area contributed by atoms with Crippen molar-refractivity contribution in [1.82, 2.24) is 15.1 Å². The monoisotopic (exact) mass is 353 g/mol. The van der Waals surface area contributed by atoms with E-state index in [1.807, 2.05) is 0 Å². The van der Waals surface area contributed by atoms with Gasteiger partial charge in [0.2, 0.25) is 11.8 Å². The molecular weight excluding hydrogens is 337 g/mol. The molecule has 1 saturated heterocycles. The maximum atomic E-state index is 12.8. The van der Waals surface area contributed by atoms with Crippen LogP contribution in [0.15, 0.2) is 38.8 Å². The molecule has 122 valence electrons. The maximum absolute atomic E-state index is 12.8. The lowest BCUT2D eigenvalue weighted by molar-refractivity contribution is -0.128. The number of nitrogens with zero attached hydrogens (tertiary/aromatic N) is 3. The normalized spacial score (nSPS) is 14.7. The lowest BCUT2D eigenvalue weighted by Crippen LogP contribution is -2.23. The molecule has 1 aliphatic heterocycles. The first kappa shape index (κ1) is 16.3. The van der Waals surface area contributed by atoms with Gasteiger partial charge >= 0.3 is 0 Å². The highest BCUT2D eigenvalue weighted by atomic mass is 32.2. The van der Waals surface area contributed by atoms with Crippen molar-refractivity contribution in [2.75, 3.05) is 18.1 Å². The summed E-state index contributed by atoms with van der Waals surface area (Å²) < 4.78 is 18.4. The Morgan fingerprint density at radius 3 is 2.70 bits per heavy atom. The summed E-state index contributed by atoms with van der Waals surface area (Å²) >= 11 is 3.14. The third-order valence-corrected chi connectivity index (χ3v) is 5.43. The Kier molecular flexibility index (Phi) is 5.56. The maximum Gasteiger partial charge on any atom is 0.276 e. The number of hydrogen-bond acceptors (Lipinski definition) is 6. The minimum atomic E-state index is -0.224. The molecule has 0 atom stereocenters. The zero-order valence-electron chi connectivity index (χ0n) is 12.4. The fourth-order valence-electron chi connectivity index (χ4n) is 2.21. The molecule has 0 N–H and O–H groups in total. The number of rotatable bonds is 7. The molecule has 2 aromatic rings. The average molecular weight is 353 g/mol. The quantitative estimate of drug-likeness (QED) is 0.563. The third-order valence-electron chi connectivity index (χ3n) is 3.34. The minimum absolute atomic E-state index is 0.146. The van der Waals surface area contributed by atoms with Crippen molar-refractivity contribution in [3.63, 3.8) is 0 Å². The van der Waals surface area contributed by atoms with E-state index in [1.54, 1.807) is 28.8 Å². The Bertz CT molecular complexity index is 663. The van der Waals surface area contributed by atoms with Gasteiger partial charge in [-0.1, -0.05) is 11.8 Å². The number of amides is 1. The van der Waals surface area contributed by atoms with E-state index in [9.17, 15) is 9.18 Å². The van der Waals surface area contributed by atoms with Crippen LogP contribution >= 0.6 is 23.5 Å². The summed E-state index contributed by atoms with van der Waals surface area (Å²) in [4.78, 5) is 14.3. The molecule has 23 heavy (non-hydrogen) atoms. The van der Waals surface area contributed by atoms with E-state index in [1.165, 1.54) is 23.9 Å². The molecule has 0 spiro atoms. The number of benzene rings is 1. The van der Waals surface area contributed by atoms with Crippen molar-refractivity contribution in [3.05, 3.63) is 36.0 Å². The number of aromatic nitrogens is 2. The zero-order valence-corrected chi connectivity index (χ0v) is 14.0. The molecule has 0 unspecified atom stereocenters. The number of thioether (sulfide) groups is 2. The first-order chi connectivity index (χ1) is 11.2. The van der Waals surface area contributed by atoms with Gasteiger partial charge in [-0.2, -0.15) is 0 Å². The molecule has 1 aliphatic rings. The van der Waals surface area contributed by atoms with Crippen molar-refractivity contribution < 1.29 is 13.6 Å². The van der Waals surface area contributed by atoms with E-state index in [-0.39, 0.29) is 11.7 Å². The van der Waals surface area contributed by atoms with Crippen molar-refractivity contribution >= 4 is 29.4 Å². The van der Waals surface area contributed by atoms with Gasteiger partial charge in [-0.05, 0) is 30.7 Å². The topological polar surface area (TPSA) is 59.2 Å². The lowest BCUT2D eigenvalue weighted by atomic mass is 10.4. The molecular formula is C15H16FN3O2S2. The second-order valence-corrected chi connectivity index (χ2v) is 7.25. The molecule has 0 radical (unpaired) electrons. The van der Waals surface area contributed by atoms with Gasteiger partial charge in [0, 0.05) is 29.4 Å². The average Bonchev–Trinajstić information content (AvgIpc) is 3.16. The van der Waals surface area contributed by atoms with Crippen LogP contribution < -0.4 is 0 Å². The second-order valence-electron chi connectivity index (χ2n) is 5.03. The summed E-state index contributed by atoms with van der Waals surface area (Å²) in [5.41, 5.74) is 0. The van der Waals surface area contributed by atoms with E-state index < -0.39 is 0 Å². The Labute approximate surface area is 142 Å². The van der Waals surface area contributed by atoms with Crippen molar-refractivity contribution in [2.45, 2.75) is 29.5 Å². The van der Waals surface area contributed by atoms with E-state index in [4.69, 9.17) is 4.42 Å². The van der Waals surface area contributed by atoms with Crippen LogP contribution in [0, 0.1) is 5.82 Å². The van der Waals surface area contributed by atoms with Crippen molar-refractivity contribution in [1.29, 1.82) is 0 Å². The first-order valence-electron chi connectivity index (χ1n) is 7.32. The predicted molar refractivity (Wildman–Crippen MR) is 86.8 cm³/mol. The van der Waals surface area contributed by atoms with E-state index >= 15 is 0 Å². The van der Waals surface area contributed by atoms with Crippen LogP contribution in [0.25, 0.3) is 0 Å². The van der Waals surface area contributed by atoms with Crippen LogP contribution in [0.1, 0.15) is 18.7 Å². The Morgan fingerprint density at radius 1 is 1.17 bits per heavy atom. The standard InChI is InChI=1S/C15H16FN3O2S2/c16-11-3-5-12(6-4-11)22-8-9-23-15-18-17-13(21-15)10-19-7-1-2-14(19)20/h3-6H,1-2,7-10H2.